The van der Waals surface area contributed by atoms with Crippen molar-refractivity contribution in [2.45, 2.75) is 63.6 Å². The zero-order valence-corrected chi connectivity index (χ0v) is 11.1. The maximum atomic E-state index is 6.09. The molecule has 0 saturated heterocycles. The third kappa shape index (κ3) is 2.69. The van der Waals surface area contributed by atoms with E-state index in [1.807, 2.05) is 12.1 Å². The molecule has 2 nitrogen and oxygen atoms in total. The van der Waals surface area contributed by atoms with E-state index in [0.29, 0.717) is 0 Å². The van der Waals surface area contributed by atoms with E-state index in [-0.39, 0.29) is 0 Å². The lowest BCUT2D eigenvalue weighted by molar-refractivity contribution is 0.139. The second-order valence-electron chi connectivity index (χ2n) is 5.89. The van der Waals surface area contributed by atoms with Crippen molar-refractivity contribution in [2.75, 3.05) is 5.73 Å². The molecule has 1 aromatic rings. The van der Waals surface area contributed by atoms with Gasteiger partial charge in [0.1, 0.15) is 0 Å². The molecule has 0 aromatic heterocycles. The van der Waals surface area contributed by atoms with Crippen molar-refractivity contribution in [3.8, 4) is 0 Å². The standard InChI is InChI=1S/C16H24N2/c17-16-9-5-4-6-13(16)12-18(15-10-11-15)14-7-2-1-3-8-14/h4-6,9,14-15H,1-3,7-8,10-12,17H2. The van der Waals surface area contributed by atoms with Crippen LogP contribution >= 0.6 is 0 Å². The topological polar surface area (TPSA) is 29.3 Å². The first-order chi connectivity index (χ1) is 8.84. The summed E-state index contributed by atoms with van der Waals surface area (Å²) >= 11 is 0. The highest BCUT2D eigenvalue weighted by molar-refractivity contribution is 5.46. The fraction of sp³-hybridized carbons (Fsp3) is 0.625. The molecule has 2 aliphatic carbocycles. The molecule has 2 heteroatoms. The van der Waals surface area contributed by atoms with Gasteiger partial charge in [-0.25, -0.2) is 0 Å². The molecule has 0 spiro atoms. The molecule has 0 radical (unpaired) electrons. The number of para-hydroxylation sites is 1. The van der Waals surface area contributed by atoms with E-state index >= 15 is 0 Å². The fourth-order valence-corrected chi connectivity index (χ4v) is 3.25. The molecule has 0 amide bonds. The van der Waals surface area contributed by atoms with Crippen LogP contribution in [0.4, 0.5) is 5.69 Å². The SMILES string of the molecule is Nc1ccccc1CN(C1CCCCC1)C1CC1. The molecule has 0 heterocycles. The van der Waals surface area contributed by atoms with Crippen molar-refractivity contribution in [3.05, 3.63) is 29.8 Å². The number of benzene rings is 1. The Bertz CT molecular complexity index is 392. The molecule has 0 aliphatic heterocycles. The summed E-state index contributed by atoms with van der Waals surface area (Å²) in [5.41, 5.74) is 8.36. The Morgan fingerprint density at radius 3 is 2.28 bits per heavy atom. The average molecular weight is 244 g/mol. The maximum absolute atomic E-state index is 6.09. The first kappa shape index (κ1) is 12.0. The second kappa shape index (κ2) is 5.31. The highest BCUT2D eigenvalue weighted by Gasteiger charge is 2.34. The molecule has 0 bridgehead atoms. The molecule has 0 unspecified atom stereocenters. The molecular formula is C16H24N2. The number of anilines is 1. The molecule has 98 valence electrons. The van der Waals surface area contributed by atoms with Crippen LogP contribution in [0.2, 0.25) is 0 Å². The second-order valence-corrected chi connectivity index (χ2v) is 5.89. The predicted octanol–water partition coefficient (Wildman–Crippen LogP) is 3.57. The number of hydrogen-bond acceptors (Lipinski definition) is 2. The lowest BCUT2D eigenvalue weighted by Gasteiger charge is -2.34. The smallest absolute Gasteiger partial charge is 0.0359 e. The summed E-state index contributed by atoms with van der Waals surface area (Å²) in [6.45, 7) is 1.06. The lowest BCUT2D eigenvalue weighted by atomic mass is 9.93. The average Bonchev–Trinajstić information content (AvgIpc) is 3.23. The predicted molar refractivity (Wildman–Crippen MR) is 76.3 cm³/mol. The van der Waals surface area contributed by atoms with Crippen LogP contribution in [0.15, 0.2) is 24.3 Å². The summed E-state index contributed by atoms with van der Waals surface area (Å²) in [4.78, 5) is 2.74. The van der Waals surface area contributed by atoms with Gasteiger partial charge in [0.05, 0.1) is 0 Å². The number of rotatable bonds is 4. The zero-order valence-electron chi connectivity index (χ0n) is 11.1. The molecule has 2 N–H and O–H groups in total. The van der Waals surface area contributed by atoms with E-state index in [9.17, 15) is 0 Å². The summed E-state index contributed by atoms with van der Waals surface area (Å²) in [5.74, 6) is 0. The summed E-state index contributed by atoms with van der Waals surface area (Å²) in [6.07, 6.45) is 9.83. The summed E-state index contributed by atoms with van der Waals surface area (Å²) in [6, 6.07) is 10.0. The van der Waals surface area contributed by atoms with Gasteiger partial charge >= 0.3 is 0 Å². The van der Waals surface area contributed by atoms with Gasteiger partial charge in [0, 0.05) is 24.3 Å². The summed E-state index contributed by atoms with van der Waals surface area (Å²) < 4.78 is 0. The van der Waals surface area contributed by atoms with Crippen molar-refractivity contribution < 1.29 is 0 Å². The molecule has 2 aliphatic rings. The van der Waals surface area contributed by atoms with Crippen LogP contribution in [-0.2, 0) is 6.54 Å². The van der Waals surface area contributed by atoms with E-state index in [1.165, 1.54) is 50.5 Å². The third-order valence-corrected chi connectivity index (χ3v) is 4.47. The molecule has 2 saturated carbocycles. The van der Waals surface area contributed by atoms with Gasteiger partial charge in [0.2, 0.25) is 0 Å². The fourth-order valence-electron chi connectivity index (χ4n) is 3.25. The summed E-state index contributed by atoms with van der Waals surface area (Å²) in [7, 11) is 0. The lowest BCUT2D eigenvalue weighted by Crippen LogP contribution is -2.38. The molecule has 1 aromatic carbocycles. The van der Waals surface area contributed by atoms with Crippen molar-refractivity contribution in [1.29, 1.82) is 0 Å². The van der Waals surface area contributed by atoms with Gasteiger partial charge in [0.15, 0.2) is 0 Å². The molecule has 0 atom stereocenters. The molecule has 3 rings (SSSR count). The Balaban J connectivity index is 1.72. The van der Waals surface area contributed by atoms with Crippen molar-refractivity contribution in [2.24, 2.45) is 0 Å². The van der Waals surface area contributed by atoms with E-state index in [1.54, 1.807) is 0 Å². The first-order valence-corrected chi connectivity index (χ1v) is 7.44. The van der Waals surface area contributed by atoms with Crippen LogP contribution < -0.4 is 5.73 Å². The van der Waals surface area contributed by atoms with Gasteiger partial charge in [0.25, 0.3) is 0 Å². The van der Waals surface area contributed by atoms with Gasteiger partial charge < -0.3 is 5.73 Å². The van der Waals surface area contributed by atoms with Crippen molar-refractivity contribution >= 4 is 5.69 Å². The highest BCUT2D eigenvalue weighted by atomic mass is 15.2. The largest absolute Gasteiger partial charge is 0.398 e. The Kier molecular flexibility index (Phi) is 3.55. The minimum Gasteiger partial charge on any atom is -0.398 e. The van der Waals surface area contributed by atoms with Gasteiger partial charge in [-0.2, -0.15) is 0 Å². The van der Waals surface area contributed by atoms with Crippen LogP contribution in [0.1, 0.15) is 50.5 Å². The monoisotopic (exact) mass is 244 g/mol. The van der Waals surface area contributed by atoms with E-state index < -0.39 is 0 Å². The van der Waals surface area contributed by atoms with Gasteiger partial charge in [-0.15, -0.1) is 0 Å². The number of hydrogen-bond donors (Lipinski definition) is 1. The molecule has 2 fully saturated rings. The van der Waals surface area contributed by atoms with Crippen LogP contribution in [0, 0.1) is 0 Å². The van der Waals surface area contributed by atoms with Gasteiger partial charge in [-0.1, -0.05) is 37.5 Å². The molecule has 18 heavy (non-hydrogen) atoms. The number of nitrogen functional groups attached to an aromatic ring is 1. The summed E-state index contributed by atoms with van der Waals surface area (Å²) in [5, 5.41) is 0. The van der Waals surface area contributed by atoms with E-state index in [0.717, 1.165) is 24.3 Å². The van der Waals surface area contributed by atoms with Crippen LogP contribution in [0.5, 0.6) is 0 Å². The van der Waals surface area contributed by atoms with Gasteiger partial charge in [-0.05, 0) is 37.3 Å². The maximum Gasteiger partial charge on any atom is 0.0359 e. The van der Waals surface area contributed by atoms with Crippen molar-refractivity contribution in [1.82, 2.24) is 4.90 Å². The quantitative estimate of drug-likeness (QED) is 0.820. The Labute approximate surface area is 110 Å². The van der Waals surface area contributed by atoms with Crippen molar-refractivity contribution in [3.63, 3.8) is 0 Å². The van der Waals surface area contributed by atoms with Crippen LogP contribution in [-0.4, -0.2) is 17.0 Å². The van der Waals surface area contributed by atoms with Crippen LogP contribution in [0.3, 0.4) is 0 Å². The minimum atomic E-state index is 0.811. The van der Waals surface area contributed by atoms with E-state index in [4.69, 9.17) is 5.73 Å². The third-order valence-electron chi connectivity index (χ3n) is 4.47. The minimum absolute atomic E-state index is 0.811. The Morgan fingerprint density at radius 2 is 1.61 bits per heavy atom. The normalized spacial score (nSPS) is 21.4. The zero-order chi connectivity index (χ0) is 12.4. The Hall–Kier alpha value is -1.02. The highest BCUT2D eigenvalue weighted by Crippen LogP contribution is 2.35. The first-order valence-electron chi connectivity index (χ1n) is 7.44. The number of nitrogens with two attached hydrogens (primary N) is 1. The Morgan fingerprint density at radius 1 is 0.944 bits per heavy atom. The molecular weight excluding hydrogens is 220 g/mol. The van der Waals surface area contributed by atoms with Crippen LogP contribution in [0.25, 0.3) is 0 Å². The van der Waals surface area contributed by atoms with Gasteiger partial charge in [-0.3, -0.25) is 4.90 Å². The van der Waals surface area contributed by atoms with E-state index in [2.05, 4.69) is 17.0 Å². The number of nitrogens with zero attached hydrogens (tertiary/aromatic N) is 1.